The Morgan fingerprint density at radius 1 is 1.86 bits per heavy atom. The quantitative estimate of drug-likeness (QED) is 0.516. The van der Waals surface area contributed by atoms with Gasteiger partial charge in [-0.3, -0.25) is 4.18 Å². The van der Waals surface area contributed by atoms with Crippen LogP contribution < -0.4 is 5.90 Å². The third-order valence-corrected chi connectivity index (χ3v) is 0.878. The number of rotatable bonds is 3. The Bertz CT molecular complexity index is 66.0. The smallest absolute Gasteiger partial charge is 0.268 e. The summed E-state index contributed by atoms with van der Waals surface area (Å²) in [6.45, 7) is 2.03. The van der Waals surface area contributed by atoms with Crippen LogP contribution in [0.1, 0.15) is 6.92 Å². The number of hydrogen-bond acceptors (Lipinski definition) is 4. The minimum atomic E-state index is -1.75. The molecule has 0 bridgehead atoms. The lowest BCUT2D eigenvalue weighted by Gasteiger charge is -1.91. The molecule has 4 nitrogen and oxygen atoms in total. The molecule has 7 heavy (non-hydrogen) atoms. The number of nitrogens with two attached hydrogens (primary N) is 1. The second-order valence-electron chi connectivity index (χ2n) is 0.707. The van der Waals surface area contributed by atoms with Gasteiger partial charge in [0.15, 0.2) is 0 Å². The molecule has 0 aromatic heterocycles. The van der Waals surface area contributed by atoms with E-state index in [1.54, 1.807) is 6.92 Å². The molecule has 1 unspecified atom stereocenters. The van der Waals surface area contributed by atoms with Crippen molar-refractivity contribution in [3.05, 3.63) is 0 Å². The maximum Gasteiger partial charge on any atom is 0.322 e. The van der Waals surface area contributed by atoms with E-state index < -0.39 is 11.4 Å². The van der Waals surface area contributed by atoms with Crippen LogP contribution in [0, 0.1) is 0 Å². The molecule has 0 spiro atoms. The molecule has 2 N–H and O–H groups in total. The average molecular weight is 125 g/mol. The summed E-state index contributed by atoms with van der Waals surface area (Å²) in [5.74, 6) is 4.43. The third-order valence-electron chi connectivity index (χ3n) is 0.293. The first-order valence-electron chi connectivity index (χ1n) is 1.73. The van der Waals surface area contributed by atoms with Crippen molar-refractivity contribution in [1.82, 2.24) is 0 Å². The van der Waals surface area contributed by atoms with E-state index >= 15 is 0 Å². The topological polar surface area (TPSA) is 61.5 Å². The van der Waals surface area contributed by atoms with Crippen molar-refractivity contribution in [3.63, 3.8) is 0 Å². The summed E-state index contributed by atoms with van der Waals surface area (Å²) in [6, 6.07) is 0. The molecule has 44 valence electrons. The molecule has 0 saturated carbocycles. The van der Waals surface area contributed by atoms with Gasteiger partial charge in [-0.1, -0.05) is 0 Å². The lowest BCUT2D eigenvalue weighted by Crippen LogP contribution is -2.06. The zero-order chi connectivity index (χ0) is 5.70. The molecule has 0 aliphatic heterocycles. The first-order chi connectivity index (χ1) is 3.31. The van der Waals surface area contributed by atoms with Gasteiger partial charge in [-0.05, 0) is 6.92 Å². The van der Waals surface area contributed by atoms with E-state index in [9.17, 15) is 4.21 Å². The fourth-order valence-corrected chi connectivity index (χ4v) is 0.372. The van der Waals surface area contributed by atoms with Crippen LogP contribution in [0.25, 0.3) is 0 Å². The van der Waals surface area contributed by atoms with E-state index in [-0.39, 0.29) is 0 Å². The molecule has 0 aliphatic carbocycles. The summed E-state index contributed by atoms with van der Waals surface area (Å²) in [4.78, 5) is 0. The maximum atomic E-state index is 9.95. The lowest BCUT2D eigenvalue weighted by molar-refractivity contribution is 0.265. The first kappa shape index (κ1) is 7.03. The fraction of sp³-hybridized carbons (Fsp3) is 1.00. The summed E-state index contributed by atoms with van der Waals surface area (Å²) < 4.78 is 18.0. The first-order valence-corrected chi connectivity index (χ1v) is 2.73. The van der Waals surface area contributed by atoms with Crippen LogP contribution in [0.2, 0.25) is 0 Å². The average Bonchev–Trinajstić information content (AvgIpc) is 1.68. The van der Waals surface area contributed by atoms with Crippen LogP contribution in [0.4, 0.5) is 0 Å². The van der Waals surface area contributed by atoms with E-state index in [2.05, 4.69) is 14.4 Å². The highest BCUT2D eigenvalue weighted by molar-refractivity contribution is 7.75. The maximum absolute atomic E-state index is 9.95. The van der Waals surface area contributed by atoms with Crippen LogP contribution >= 0.6 is 0 Å². The Morgan fingerprint density at radius 3 is 2.57 bits per heavy atom. The highest BCUT2D eigenvalue weighted by Gasteiger charge is 1.90. The van der Waals surface area contributed by atoms with Crippen molar-refractivity contribution in [1.29, 1.82) is 0 Å². The normalized spacial score (nSPS) is 14.0. The highest BCUT2D eigenvalue weighted by atomic mass is 32.2. The predicted molar refractivity (Wildman–Crippen MR) is 25.0 cm³/mol. The number of hydrogen-bond donors (Lipinski definition) is 1. The van der Waals surface area contributed by atoms with Gasteiger partial charge in [-0.2, -0.15) is 14.4 Å². The van der Waals surface area contributed by atoms with Crippen LogP contribution in [0.3, 0.4) is 0 Å². The van der Waals surface area contributed by atoms with Crippen molar-refractivity contribution in [2.45, 2.75) is 6.92 Å². The van der Waals surface area contributed by atoms with Gasteiger partial charge in [-0.25, -0.2) is 0 Å². The van der Waals surface area contributed by atoms with Crippen molar-refractivity contribution < 1.29 is 12.7 Å². The van der Waals surface area contributed by atoms with Crippen LogP contribution in [0.15, 0.2) is 0 Å². The molecular weight excluding hydrogens is 118 g/mol. The molecule has 5 heteroatoms. The SMILES string of the molecule is CCOS(=O)ON. The van der Waals surface area contributed by atoms with E-state index in [4.69, 9.17) is 0 Å². The molecular formula is C2H7NO3S. The van der Waals surface area contributed by atoms with Crippen LogP contribution in [-0.2, 0) is 19.8 Å². The van der Waals surface area contributed by atoms with Gasteiger partial charge < -0.3 is 0 Å². The van der Waals surface area contributed by atoms with Crippen LogP contribution in [0.5, 0.6) is 0 Å². The van der Waals surface area contributed by atoms with E-state index in [0.29, 0.717) is 6.61 Å². The minimum Gasteiger partial charge on any atom is -0.268 e. The monoisotopic (exact) mass is 125 g/mol. The molecule has 1 atom stereocenters. The van der Waals surface area contributed by atoms with Crippen LogP contribution in [-0.4, -0.2) is 10.8 Å². The van der Waals surface area contributed by atoms with Gasteiger partial charge in [0.2, 0.25) is 0 Å². The Morgan fingerprint density at radius 2 is 2.43 bits per heavy atom. The van der Waals surface area contributed by atoms with Crippen molar-refractivity contribution in [2.75, 3.05) is 6.61 Å². The van der Waals surface area contributed by atoms with E-state index in [0.717, 1.165) is 0 Å². The second kappa shape index (κ2) is 4.20. The summed E-state index contributed by atoms with van der Waals surface area (Å²) in [6.07, 6.45) is 0. The van der Waals surface area contributed by atoms with Crippen molar-refractivity contribution in [3.8, 4) is 0 Å². The largest absolute Gasteiger partial charge is 0.322 e. The Balaban J connectivity index is 3.00. The van der Waals surface area contributed by atoms with E-state index in [1.165, 1.54) is 0 Å². The van der Waals surface area contributed by atoms with Gasteiger partial charge in [0.25, 0.3) is 0 Å². The Hall–Kier alpha value is 0.0300. The molecule has 0 aromatic carbocycles. The molecule has 0 aliphatic rings. The van der Waals surface area contributed by atoms with Crippen molar-refractivity contribution in [2.24, 2.45) is 5.90 Å². The predicted octanol–water partition coefficient (Wildman–Crippen LogP) is -0.508. The molecule has 0 heterocycles. The van der Waals surface area contributed by atoms with Gasteiger partial charge in [0.05, 0.1) is 6.61 Å². The van der Waals surface area contributed by atoms with Gasteiger partial charge in [-0.15, -0.1) is 0 Å². The fourth-order valence-electron chi connectivity index (χ4n) is 0.124. The van der Waals surface area contributed by atoms with Gasteiger partial charge in [0.1, 0.15) is 0 Å². The Labute approximate surface area is 44.4 Å². The molecule has 0 radical (unpaired) electrons. The van der Waals surface area contributed by atoms with Crippen molar-refractivity contribution >= 4 is 11.4 Å². The summed E-state index contributed by atoms with van der Waals surface area (Å²) in [5.41, 5.74) is 0. The zero-order valence-corrected chi connectivity index (χ0v) is 4.73. The van der Waals surface area contributed by atoms with Gasteiger partial charge in [0, 0.05) is 0 Å². The molecule has 0 saturated heterocycles. The molecule has 0 fully saturated rings. The highest BCUT2D eigenvalue weighted by Crippen LogP contribution is 1.79. The summed E-state index contributed by atoms with van der Waals surface area (Å²) in [5, 5.41) is 0. The third kappa shape index (κ3) is 3.87. The standard InChI is InChI=1S/C2H7NO3S/c1-2-5-7(4)6-3/h2-3H2,1H3. The molecule has 0 amide bonds. The lowest BCUT2D eigenvalue weighted by atomic mass is 10.9. The zero-order valence-electron chi connectivity index (χ0n) is 3.92. The van der Waals surface area contributed by atoms with Gasteiger partial charge >= 0.3 is 11.4 Å². The van der Waals surface area contributed by atoms with E-state index in [1.807, 2.05) is 0 Å². The summed E-state index contributed by atoms with van der Waals surface area (Å²) >= 11 is -1.75. The Kier molecular flexibility index (Phi) is 4.21. The molecule has 0 rings (SSSR count). The minimum absolute atomic E-state index is 0.337. The molecule has 0 aromatic rings. The summed E-state index contributed by atoms with van der Waals surface area (Å²) in [7, 11) is 0. The second-order valence-corrected chi connectivity index (χ2v) is 1.54.